The van der Waals surface area contributed by atoms with Crippen molar-refractivity contribution in [2.45, 2.75) is 19.4 Å². The fraction of sp³-hybridized carbons (Fsp3) is 0.273. The highest BCUT2D eigenvalue weighted by Gasteiger charge is 2.11. The van der Waals surface area contributed by atoms with E-state index in [4.69, 9.17) is 10.2 Å². The first-order chi connectivity index (χ1) is 7.15. The Labute approximate surface area is 101 Å². The van der Waals surface area contributed by atoms with Crippen LogP contribution in [0.25, 0.3) is 0 Å². The van der Waals surface area contributed by atoms with E-state index in [0.29, 0.717) is 0 Å². The molecule has 2 N–H and O–H groups in total. The molecule has 2 heterocycles. The van der Waals surface area contributed by atoms with Gasteiger partial charge in [-0.3, -0.25) is 0 Å². The van der Waals surface area contributed by atoms with Crippen LogP contribution in [0, 0.1) is 6.92 Å². The lowest BCUT2D eigenvalue weighted by atomic mass is 10.1. The minimum atomic E-state index is -0.0516. The molecule has 2 rings (SSSR count). The second-order valence-electron chi connectivity index (χ2n) is 3.49. The molecule has 2 aromatic rings. The Morgan fingerprint density at radius 3 is 2.87 bits per heavy atom. The molecule has 0 aliphatic carbocycles. The Balaban J connectivity index is 2.06. The van der Waals surface area contributed by atoms with Gasteiger partial charge >= 0.3 is 0 Å². The number of hydrogen-bond donors (Lipinski definition) is 1. The van der Waals surface area contributed by atoms with Crippen LogP contribution in [0.4, 0.5) is 0 Å². The van der Waals surface area contributed by atoms with Crippen LogP contribution >= 0.6 is 27.3 Å². The molecule has 0 aliphatic rings. The van der Waals surface area contributed by atoms with Crippen LogP contribution in [-0.2, 0) is 6.42 Å². The maximum absolute atomic E-state index is 6.05. The molecule has 0 bridgehead atoms. The average Bonchev–Trinajstić information content (AvgIpc) is 2.75. The Bertz CT molecular complexity index is 449. The highest BCUT2D eigenvalue weighted by Crippen LogP contribution is 2.25. The molecule has 1 atom stereocenters. The van der Waals surface area contributed by atoms with Crippen molar-refractivity contribution in [1.29, 1.82) is 0 Å². The van der Waals surface area contributed by atoms with Crippen molar-refractivity contribution in [3.63, 3.8) is 0 Å². The third kappa shape index (κ3) is 2.71. The van der Waals surface area contributed by atoms with Gasteiger partial charge < -0.3 is 10.2 Å². The van der Waals surface area contributed by atoms with E-state index in [1.807, 2.05) is 19.1 Å². The second-order valence-corrected chi connectivity index (χ2v) is 5.40. The molecule has 1 unspecified atom stereocenters. The summed E-state index contributed by atoms with van der Waals surface area (Å²) in [5, 5.41) is 2.06. The summed E-state index contributed by atoms with van der Waals surface area (Å²) in [5.41, 5.74) is 6.05. The molecular formula is C11H12BrNOS. The van der Waals surface area contributed by atoms with Crippen molar-refractivity contribution in [1.82, 2.24) is 0 Å². The van der Waals surface area contributed by atoms with Gasteiger partial charge in [0, 0.05) is 21.2 Å². The van der Waals surface area contributed by atoms with Crippen LogP contribution in [0.2, 0.25) is 0 Å². The summed E-state index contributed by atoms with van der Waals surface area (Å²) in [6.07, 6.45) is 0.823. The molecule has 0 fully saturated rings. The Hall–Kier alpha value is -0.580. The van der Waals surface area contributed by atoms with Crippen LogP contribution in [0.1, 0.15) is 22.4 Å². The Morgan fingerprint density at radius 2 is 2.33 bits per heavy atom. The summed E-state index contributed by atoms with van der Waals surface area (Å²) < 4.78 is 6.61. The summed E-state index contributed by atoms with van der Waals surface area (Å²) in [6, 6.07) is 5.94. The van der Waals surface area contributed by atoms with Gasteiger partial charge in [-0.1, -0.05) is 0 Å². The van der Waals surface area contributed by atoms with Crippen molar-refractivity contribution < 1.29 is 4.42 Å². The molecule has 0 saturated heterocycles. The first kappa shape index (κ1) is 10.9. The Kier molecular flexibility index (Phi) is 3.29. The summed E-state index contributed by atoms with van der Waals surface area (Å²) in [6.45, 7) is 1.93. The molecule has 0 radical (unpaired) electrons. The quantitative estimate of drug-likeness (QED) is 0.935. The zero-order valence-electron chi connectivity index (χ0n) is 8.37. The van der Waals surface area contributed by atoms with E-state index >= 15 is 0 Å². The zero-order valence-corrected chi connectivity index (χ0v) is 10.8. The molecule has 80 valence electrons. The van der Waals surface area contributed by atoms with Crippen molar-refractivity contribution in [2.75, 3.05) is 0 Å². The molecule has 0 aliphatic heterocycles. The number of halogens is 1. The number of hydrogen-bond acceptors (Lipinski definition) is 3. The molecule has 0 spiro atoms. The molecule has 2 aromatic heterocycles. The van der Waals surface area contributed by atoms with Crippen molar-refractivity contribution in [3.8, 4) is 0 Å². The predicted octanol–water partition coefficient (Wildman–Crippen LogP) is 3.65. The third-order valence-corrected chi connectivity index (χ3v) is 3.89. The summed E-state index contributed by atoms with van der Waals surface area (Å²) in [5.74, 6) is 1.77. The van der Waals surface area contributed by atoms with E-state index in [-0.39, 0.29) is 6.04 Å². The third-order valence-electron chi connectivity index (χ3n) is 2.17. The first-order valence-electron chi connectivity index (χ1n) is 4.70. The first-order valence-corrected chi connectivity index (χ1v) is 6.37. The van der Waals surface area contributed by atoms with Crippen LogP contribution in [0.15, 0.2) is 32.5 Å². The number of furan rings is 1. The van der Waals surface area contributed by atoms with E-state index in [1.54, 1.807) is 11.3 Å². The molecule has 0 saturated carbocycles. The van der Waals surface area contributed by atoms with Gasteiger partial charge in [-0.05, 0) is 41.1 Å². The molecule has 0 amide bonds. The van der Waals surface area contributed by atoms with Gasteiger partial charge in [-0.25, -0.2) is 0 Å². The lowest BCUT2D eigenvalue weighted by Gasteiger charge is -2.06. The highest BCUT2D eigenvalue weighted by atomic mass is 79.9. The van der Waals surface area contributed by atoms with Gasteiger partial charge in [0.05, 0.1) is 6.04 Å². The summed E-state index contributed by atoms with van der Waals surface area (Å²) in [4.78, 5) is 1.27. The minimum Gasteiger partial charge on any atom is -0.465 e. The number of rotatable bonds is 3. The molecular weight excluding hydrogens is 274 g/mol. The van der Waals surface area contributed by atoms with E-state index in [1.165, 1.54) is 4.88 Å². The molecule has 0 aromatic carbocycles. The smallest absolute Gasteiger partial charge is 0.121 e. The topological polar surface area (TPSA) is 39.2 Å². The van der Waals surface area contributed by atoms with Gasteiger partial charge in [0.2, 0.25) is 0 Å². The van der Waals surface area contributed by atoms with Crippen LogP contribution in [0.3, 0.4) is 0 Å². The molecule has 2 nitrogen and oxygen atoms in total. The second kappa shape index (κ2) is 4.51. The predicted molar refractivity (Wildman–Crippen MR) is 66.1 cm³/mol. The van der Waals surface area contributed by atoms with Crippen molar-refractivity contribution in [2.24, 2.45) is 5.73 Å². The lowest BCUT2D eigenvalue weighted by Crippen LogP contribution is -2.11. The largest absolute Gasteiger partial charge is 0.465 e. The van der Waals surface area contributed by atoms with Gasteiger partial charge in [0.25, 0.3) is 0 Å². The Morgan fingerprint density at radius 1 is 1.53 bits per heavy atom. The van der Waals surface area contributed by atoms with Crippen LogP contribution < -0.4 is 5.73 Å². The van der Waals surface area contributed by atoms with Gasteiger partial charge in [-0.2, -0.15) is 0 Å². The van der Waals surface area contributed by atoms with Gasteiger partial charge in [0.1, 0.15) is 11.5 Å². The average molecular weight is 286 g/mol. The molecule has 4 heteroatoms. The zero-order chi connectivity index (χ0) is 10.8. The monoisotopic (exact) mass is 285 g/mol. The van der Waals surface area contributed by atoms with Crippen LogP contribution in [0.5, 0.6) is 0 Å². The normalized spacial score (nSPS) is 13.0. The van der Waals surface area contributed by atoms with E-state index < -0.39 is 0 Å². The van der Waals surface area contributed by atoms with E-state index in [9.17, 15) is 0 Å². The number of aryl methyl sites for hydroxylation is 1. The summed E-state index contributed by atoms with van der Waals surface area (Å²) in [7, 11) is 0. The molecule has 15 heavy (non-hydrogen) atoms. The highest BCUT2D eigenvalue weighted by molar-refractivity contribution is 9.10. The maximum Gasteiger partial charge on any atom is 0.121 e. The van der Waals surface area contributed by atoms with Crippen LogP contribution in [-0.4, -0.2) is 0 Å². The minimum absolute atomic E-state index is 0.0516. The fourth-order valence-corrected chi connectivity index (χ4v) is 2.94. The number of thiophene rings is 1. The number of nitrogens with two attached hydrogens (primary N) is 1. The lowest BCUT2D eigenvalue weighted by molar-refractivity contribution is 0.446. The van der Waals surface area contributed by atoms with E-state index in [0.717, 1.165) is 22.4 Å². The van der Waals surface area contributed by atoms with Crippen molar-refractivity contribution >= 4 is 27.3 Å². The SMILES string of the molecule is Cc1ccc(C(N)Cc2cc(Br)cs2)o1. The standard InChI is InChI=1S/C11H12BrNOS/c1-7-2-3-11(14-7)10(13)5-9-4-8(12)6-15-9/h2-4,6,10H,5,13H2,1H3. The fourth-order valence-electron chi connectivity index (χ4n) is 1.43. The van der Waals surface area contributed by atoms with Crippen molar-refractivity contribution in [3.05, 3.63) is 44.4 Å². The van der Waals surface area contributed by atoms with E-state index in [2.05, 4.69) is 27.4 Å². The maximum atomic E-state index is 6.05. The van der Waals surface area contributed by atoms with Gasteiger partial charge in [-0.15, -0.1) is 11.3 Å². The van der Waals surface area contributed by atoms with Gasteiger partial charge in [0.15, 0.2) is 0 Å². The summed E-state index contributed by atoms with van der Waals surface area (Å²) >= 11 is 5.14.